The highest BCUT2D eigenvalue weighted by atomic mass is 127. The van der Waals surface area contributed by atoms with Gasteiger partial charge in [0.15, 0.2) is 0 Å². The minimum Gasteiger partial charge on any atom is -0.342 e. The van der Waals surface area contributed by atoms with Crippen LogP contribution in [0.1, 0.15) is 10.6 Å². The van der Waals surface area contributed by atoms with Gasteiger partial charge in [-0.25, -0.2) is 4.98 Å². The monoisotopic (exact) mass is 331 g/mol. The van der Waals surface area contributed by atoms with Crippen molar-refractivity contribution in [2.24, 2.45) is 0 Å². The number of pyridine rings is 1. The molecule has 0 spiro atoms. The van der Waals surface area contributed by atoms with Crippen molar-refractivity contribution >= 4 is 34.3 Å². The van der Waals surface area contributed by atoms with Crippen LogP contribution in [0.5, 0.6) is 0 Å². The van der Waals surface area contributed by atoms with Crippen LogP contribution in [0.2, 0.25) is 0 Å². The molecule has 2 N–H and O–H groups in total. The SMILES string of the molecule is O=C(NNc1cc(I)ccn1)c1ncon1. The summed E-state index contributed by atoms with van der Waals surface area (Å²) in [5.74, 6) is -0.00344. The largest absolute Gasteiger partial charge is 0.342 e. The molecule has 0 aliphatic heterocycles. The number of nitrogens with one attached hydrogen (secondary N) is 2. The fourth-order valence-corrected chi connectivity index (χ4v) is 1.38. The van der Waals surface area contributed by atoms with Gasteiger partial charge in [-0.3, -0.25) is 15.6 Å². The summed E-state index contributed by atoms with van der Waals surface area (Å²) in [7, 11) is 0. The van der Waals surface area contributed by atoms with Gasteiger partial charge in [0.1, 0.15) is 5.82 Å². The van der Waals surface area contributed by atoms with Gasteiger partial charge < -0.3 is 4.52 Å². The number of rotatable bonds is 3. The molecule has 0 saturated carbocycles. The van der Waals surface area contributed by atoms with E-state index in [1.54, 1.807) is 12.3 Å². The Labute approximate surface area is 104 Å². The molecule has 2 aromatic rings. The van der Waals surface area contributed by atoms with Gasteiger partial charge in [0.05, 0.1) is 0 Å². The Morgan fingerprint density at radius 3 is 3.00 bits per heavy atom. The van der Waals surface area contributed by atoms with E-state index in [1.165, 1.54) is 0 Å². The van der Waals surface area contributed by atoms with E-state index >= 15 is 0 Å². The zero-order valence-corrected chi connectivity index (χ0v) is 10.0. The summed E-state index contributed by atoms with van der Waals surface area (Å²) in [6.07, 6.45) is 2.71. The second kappa shape index (κ2) is 4.88. The van der Waals surface area contributed by atoms with Crippen molar-refractivity contribution in [2.45, 2.75) is 0 Å². The lowest BCUT2D eigenvalue weighted by Gasteiger charge is -2.05. The fourth-order valence-electron chi connectivity index (χ4n) is 0.920. The summed E-state index contributed by atoms with van der Waals surface area (Å²) >= 11 is 2.14. The summed E-state index contributed by atoms with van der Waals surface area (Å²) in [5.41, 5.74) is 5.03. The third kappa shape index (κ3) is 2.66. The summed E-state index contributed by atoms with van der Waals surface area (Å²) in [6, 6.07) is 3.61. The number of nitrogens with zero attached hydrogens (tertiary/aromatic N) is 3. The molecule has 1 amide bonds. The number of halogens is 1. The first-order valence-electron chi connectivity index (χ1n) is 4.20. The van der Waals surface area contributed by atoms with E-state index in [4.69, 9.17) is 0 Å². The molecule has 2 rings (SSSR count). The van der Waals surface area contributed by atoms with E-state index in [-0.39, 0.29) is 5.82 Å². The van der Waals surface area contributed by atoms with Crippen LogP contribution in [0, 0.1) is 3.57 Å². The first-order chi connectivity index (χ1) is 7.75. The molecule has 0 unspecified atom stereocenters. The lowest BCUT2D eigenvalue weighted by molar-refractivity contribution is 0.0949. The first-order valence-corrected chi connectivity index (χ1v) is 5.28. The number of hydrazine groups is 1. The summed E-state index contributed by atoms with van der Waals surface area (Å²) in [4.78, 5) is 19.0. The van der Waals surface area contributed by atoms with E-state index in [2.05, 4.69) is 53.1 Å². The third-order valence-corrected chi connectivity index (χ3v) is 2.26. The van der Waals surface area contributed by atoms with E-state index in [0.29, 0.717) is 5.82 Å². The van der Waals surface area contributed by atoms with Gasteiger partial charge in [-0.15, -0.1) is 0 Å². The second-order valence-electron chi connectivity index (χ2n) is 2.69. The van der Waals surface area contributed by atoms with Gasteiger partial charge in [0.25, 0.3) is 5.82 Å². The number of carbonyl (C=O) groups excluding carboxylic acids is 1. The fraction of sp³-hybridized carbons (Fsp3) is 0. The summed E-state index contributed by atoms with van der Waals surface area (Å²) < 4.78 is 5.44. The average Bonchev–Trinajstić information content (AvgIpc) is 2.79. The highest BCUT2D eigenvalue weighted by Crippen LogP contribution is 2.07. The third-order valence-electron chi connectivity index (χ3n) is 1.59. The molecular formula is C8H6IN5O2. The molecule has 0 fully saturated rings. The molecule has 0 aromatic carbocycles. The minimum atomic E-state index is -0.491. The molecule has 0 atom stereocenters. The van der Waals surface area contributed by atoms with Gasteiger partial charge >= 0.3 is 5.91 Å². The molecule has 0 saturated heterocycles. The van der Waals surface area contributed by atoms with Crippen molar-refractivity contribution in [3.63, 3.8) is 0 Å². The van der Waals surface area contributed by atoms with Crippen LogP contribution in [-0.2, 0) is 0 Å². The molecule has 0 bridgehead atoms. The Balaban J connectivity index is 1.95. The molecule has 0 aliphatic carbocycles. The van der Waals surface area contributed by atoms with Crippen molar-refractivity contribution in [3.05, 3.63) is 34.1 Å². The number of hydrogen-bond donors (Lipinski definition) is 2. The number of hydrogen-bond acceptors (Lipinski definition) is 6. The highest BCUT2D eigenvalue weighted by molar-refractivity contribution is 14.1. The normalized spacial score (nSPS) is 9.81. The smallest absolute Gasteiger partial charge is 0.311 e. The predicted molar refractivity (Wildman–Crippen MR) is 62.3 cm³/mol. The van der Waals surface area contributed by atoms with Crippen LogP contribution >= 0.6 is 22.6 Å². The Kier molecular flexibility index (Phi) is 3.29. The van der Waals surface area contributed by atoms with Crippen molar-refractivity contribution in [2.75, 3.05) is 5.43 Å². The second-order valence-corrected chi connectivity index (χ2v) is 3.94. The molecule has 2 aromatic heterocycles. The summed E-state index contributed by atoms with van der Waals surface area (Å²) in [6.45, 7) is 0. The molecule has 0 aliphatic rings. The Morgan fingerprint density at radius 1 is 1.44 bits per heavy atom. The Bertz CT molecular complexity index is 487. The first kappa shape index (κ1) is 10.8. The average molecular weight is 331 g/mol. The van der Waals surface area contributed by atoms with E-state index in [1.807, 2.05) is 6.07 Å². The maximum atomic E-state index is 11.4. The Hall–Kier alpha value is -1.71. The zero-order valence-electron chi connectivity index (χ0n) is 7.85. The minimum absolute atomic E-state index is 0.0434. The van der Waals surface area contributed by atoms with Gasteiger partial charge in [0.2, 0.25) is 6.39 Å². The van der Waals surface area contributed by atoms with Crippen LogP contribution in [-0.4, -0.2) is 21.0 Å². The maximum Gasteiger partial charge on any atom is 0.311 e. The van der Waals surface area contributed by atoms with Crippen LogP contribution < -0.4 is 10.9 Å². The van der Waals surface area contributed by atoms with Crippen LogP contribution in [0.4, 0.5) is 5.82 Å². The van der Waals surface area contributed by atoms with Gasteiger partial charge in [-0.1, -0.05) is 5.16 Å². The van der Waals surface area contributed by atoms with Gasteiger partial charge in [-0.05, 0) is 34.7 Å². The number of anilines is 1. The molecule has 82 valence electrons. The molecule has 2 heterocycles. The lowest BCUT2D eigenvalue weighted by atomic mass is 10.5. The van der Waals surface area contributed by atoms with Crippen LogP contribution in [0.25, 0.3) is 0 Å². The summed E-state index contributed by atoms with van der Waals surface area (Å²) in [5, 5.41) is 3.39. The van der Waals surface area contributed by atoms with Crippen molar-refractivity contribution in [3.8, 4) is 0 Å². The number of aromatic nitrogens is 3. The number of amides is 1. The quantitative estimate of drug-likeness (QED) is 0.639. The van der Waals surface area contributed by atoms with E-state index in [0.717, 1.165) is 9.96 Å². The highest BCUT2D eigenvalue weighted by Gasteiger charge is 2.09. The van der Waals surface area contributed by atoms with Crippen molar-refractivity contribution in [1.29, 1.82) is 0 Å². The van der Waals surface area contributed by atoms with Crippen molar-refractivity contribution in [1.82, 2.24) is 20.6 Å². The molecule has 16 heavy (non-hydrogen) atoms. The number of carbonyl (C=O) groups is 1. The van der Waals surface area contributed by atoms with Crippen LogP contribution in [0.15, 0.2) is 29.2 Å². The lowest BCUT2D eigenvalue weighted by Crippen LogP contribution is -2.30. The molecule has 8 heteroatoms. The Morgan fingerprint density at radius 2 is 2.31 bits per heavy atom. The zero-order chi connectivity index (χ0) is 11.4. The standard InChI is InChI=1S/C8H6IN5O2/c9-5-1-2-10-6(3-5)12-13-8(15)7-11-4-16-14-7/h1-4H,(H,10,12)(H,13,15). The predicted octanol–water partition coefficient (Wildman–Crippen LogP) is 0.826. The van der Waals surface area contributed by atoms with Crippen LogP contribution in [0.3, 0.4) is 0 Å². The van der Waals surface area contributed by atoms with E-state index < -0.39 is 5.91 Å². The van der Waals surface area contributed by atoms with E-state index in [9.17, 15) is 4.79 Å². The maximum absolute atomic E-state index is 11.4. The topological polar surface area (TPSA) is 92.9 Å². The molecule has 7 nitrogen and oxygen atoms in total. The van der Waals surface area contributed by atoms with Crippen molar-refractivity contribution < 1.29 is 9.32 Å². The van der Waals surface area contributed by atoms with Gasteiger partial charge in [-0.2, -0.15) is 4.98 Å². The van der Waals surface area contributed by atoms with Gasteiger partial charge in [0, 0.05) is 9.77 Å². The molecular weight excluding hydrogens is 325 g/mol. The molecule has 0 radical (unpaired) electrons.